The average molecular weight is 358 g/mol. The number of hydrogen-bond acceptors (Lipinski definition) is 2. The third kappa shape index (κ3) is 3.94. The van der Waals surface area contributed by atoms with Crippen LogP contribution < -0.4 is 5.43 Å². The molecule has 1 aromatic heterocycles. The second-order valence-electron chi connectivity index (χ2n) is 5.54. The van der Waals surface area contributed by atoms with Crippen LogP contribution in [-0.2, 0) is 17.1 Å². The number of aryl methyl sites for hydroxylation is 2. The summed E-state index contributed by atoms with van der Waals surface area (Å²) in [7, 11) is 0. The van der Waals surface area contributed by atoms with Crippen molar-refractivity contribution in [2.45, 2.75) is 13.8 Å². The Hall–Kier alpha value is -2.35. The van der Waals surface area contributed by atoms with Crippen LogP contribution in [0, 0.1) is 13.8 Å². The van der Waals surface area contributed by atoms with E-state index in [0.29, 0.717) is 16.7 Å². The van der Waals surface area contributed by atoms with Crippen molar-refractivity contribution < 1.29 is 21.5 Å². The van der Waals surface area contributed by atoms with Crippen molar-refractivity contribution in [3.63, 3.8) is 0 Å². The molecule has 3 aromatic carbocycles. The van der Waals surface area contributed by atoms with E-state index in [1.165, 1.54) is 0 Å². The van der Waals surface area contributed by atoms with Gasteiger partial charge in [-0.3, -0.25) is 0 Å². The van der Waals surface area contributed by atoms with E-state index in [-0.39, 0.29) is 22.5 Å². The van der Waals surface area contributed by atoms with Crippen molar-refractivity contribution in [3.05, 3.63) is 94.1 Å². The van der Waals surface area contributed by atoms with Gasteiger partial charge in [-0.15, -0.1) is 12.1 Å². The maximum absolute atomic E-state index is 12.1. The van der Waals surface area contributed by atoms with Crippen LogP contribution in [0.25, 0.3) is 22.3 Å². The molecule has 0 atom stereocenters. The summed E-state index contributed by atoms with van der Waals surface area (Å²) in [5.41, 5.74) is 3.84. The van der Waals surface area contributed by atoms with Crippen LogP contribution in [-0.4, -0.2) is 0 Å². The zero-order valence-electron chi connectivity index (χ0n) is 13.6. The minimum atomic E-state index is 0. The van der Waals surface area contributed by atoms with E-state index in [2.05, 4.69) is 0 Å². The first-order chi connectivity index (χ1) is 11.1. The van der Waals surface area contributed by atoms with Crippen LogP contribution in [0.5, 0.6) is 0 Å². The molecule has 0 saturated heterocycles. The van der Waals surface area contributed by atoms with Crippen LogP contribution in [0.1, 0.15) is 11.1 Å². The van der Waals surface area contributed by atoms with Gasteiger partial charge in [0.2, 0.25) is 0 Å². The quantitative estimate of drug-likeness (QED) is 0.346. The van der Waals surface area contributed by atoms with E-state index in [0.717, 1.165) is 16.7 Å². The van der Waals surface area contributed by atoms with Gasteiger partial charge < -0.3 is 39.5 Å². The molecule has 0 aliphatic carbocycles. The van der Waals surface area contributed by atoms with Gasteiger partial charge in [-0.25, -0.2) is 0 Å². The minimum absolute atomic E-state index is 0. The first-order valence-electron chi connectivity index (χ1n) is 7.59. The van der Waals surface area contributed by atoms with Gasteiger partial charge in [-0.2, -0.15) is 12.1 Å². The van der Waals surface area contributed by atoms with Gasteiger partial charge in [0.05, 0.1) is 11.1 Å². The van der Waals surface area contributed by atoms with Crippen molar-refractivity contribution in [2.75, 3.05) is 0 Å². The molecule has 4 aromatic rings. The smallest absolute Gasteiger partial charge is 0.153 e. The molecule has 0 radical (unpaired) electrons. The molecule has 24 heavy (non-hydrogen) atoms. The molecule has 0 N–H and O–H groups in total. The Kier molecular flexibility index (Phi) is 5.97. The Labute approximate surface area is 152 Å². The third-order valence-corrected chi connectivity index (χ3v) is 3.85. The molecule has 4 rings (SSSR count). The van der Waals surface area contributed by atoms with E-state index in [1.807, 2.05) is 80.6 Å². The first-order valence-corrected chi connectivity index (χ1v) is 7.59. The van der Waals surface area contributed by atoms with Gasteiger partial charge in [0.25, 0.3) is 0 Å². The van der Waals surface area contributed by atoms with Crippen molar-refractivity contribution in [3.8, 4) is 11.3 Å². The van der Waals surface area contributed by atoms with E-state index in [9.17, 15) is 4.79 Å². The van der Waals surface area contributed by atoms with Crippen LogP contribution in [0.2, 0.25) is 0 Å². The Balaban J connectivity index is 0.000000300. The zero-order chi connectivity index (χ0) is 16.2. The predicted molar refractivity (Wildman–Crippen MR) is 95.0 cm³/mol. The fraction of sp³-hybridized carbons (Fsp3) is 0.0952. The molecule has 128 valence electrons. The van der Waals surface area contributed by atoms with Gasteiger partial charge in [-0.05, 0) is 43.2 Å². The Morgan fingerprint density at radius 1 is 0.875 bits per heavy atom. The van der Waals surface area contributed by atoms with E-state index in [1.54, 1.807) is 6.07 Å². The van der Waals surface area contributed by atoms with Gasteiger partial charge >= 0.3 is 0 Å². The molecule has 0 fully saturated rings. The summed E-state index contributed by atoms with van der Waals surface area (Å²) >= 11 is 0. The van der Waals surface area contributed by atoms with Crippen molar-refractivity contribution in [1.82, 2.24) is 0 Å². The summed E-state index contributed by atoms with van der Waals surface area (Å²) in [4.78, 5) is 12.1. The average Bonchev–Trinajstić information content (AvgIpc) is 3.25. The standard InChI is InChI=1S/C16H13O2.C5H5.Fe/c1-10-7-13-14(17)9-15(12-5-3-4-6-12)18-16(13)8-11(10)2;1-2-4-5-3-1;/h3-9H,1-2H3;1-5H;/q-1;-5;. The molecule has 0 amide bonds. The zero-order valence-corrected chi connectivity index (χ0v) is 14.7. The second kappa shape index (κ2) is 7.96. The van der Waals surface area contributed by atoms with Crippen LogP contribution >= 0.6 is 0 Å². The molecule has 0 aliphatic heterocycles. The molecular weight excluding hydrogens is 340 g/mol. The van der Waals surface area contributed by atoms with E-state index >= 15 is 0 Å². The summed E-state index contributed by atoms with van der Waals surface area (Å²) in [5.74, 6) is 0.626. The molecule has 3 heteroatoms. The molecule has 0 saturated carbocycles. The molecular formula is C21H18FeO2-6. The summed E-state index contributed by atoms with van der Waals surface area (Å²) in [6.45, 7) is 4.02. The molecule has 2 nitrogen and oxygen atoms in total. The Morgan fingerprint density at radius 3 is 2.00 bits per heavy atom. The van der Waals surface area contributed by atoms with Crippen molar-refractivity contribution in [1.29, 1.82) is 0 Å². The maximum Gasteiger partial charge on any atom is 0.153 e. The fourth-order valence-corrected chi connectivity index (χ4v) is 2.41. The fourth-order valence-electron chi connectivity index (χ4n) is 2.41. The summed E-state index contributed by atoms with van der Waals surface area (Å²) in [6, 6.07) is 23.1. The van der Waals surface area contributed by atoms with Gasteiger partial charge in [0.15, 0.2) is 5.43 Å². The molecule has 0 aliphatic rings. The number of hydrogen-bond donors (Lipinski definition) is 0. The van der Waals surface area contributed by atoms with E-state index in [4.69, 9.17) is 4.42 Å². The van der Waals surface area contributed by atoms with Crippen molar-refractivity contribution in [2.24, 2.45) is 0 Å². The minimum Gasteiger partial charge on any atom is -0.748 e. The predicted octanol–water partition coefficient (Wildman–Crippen LogP) is 5.20. The molecule has 0 bridgehead atoms. The number of fused-ring (bicyclic) bond motifs is 1. The van der Waals surface area contributed by atoms with Crippen molar-refractivity contribution >= 4 is 11.0 Å². The number of rotatable bonds is 1. The third-order valence-electron chi connectivity index (χ3n) is 3.85. The SMILES string of the molecule is Cc1cc2oc(-[c-]3cccc3)cc(=O)c2cc1C.[Fe].[cH-]1[cH-][cH-][cH-][cH-]1. The van der Waals surface area contributed by atoms with E-state index < -0.39 is 0 Å². The summed E-state index contributed by atoms with van der Waals surface area (Å²) in [5, 5.41) is 0.647. The van der Waals surface area contributed by atoms with Gasteiger partial charge in [0.1, 0.15) is 5.58 Å². The summed E-state index contributed by atoms with van der Waals surface area (Å²) in [6.07, 6.45) is 0. The van der Waals surface area contributed by atoms with Gasteiger partial charge in [0, 0.05) is 17.1 Å². The molecule has 0 spiro atoms. The van der Waals surface area contributed by atoms with Crippen LogP contribution in [0.3, 0.4) is 0 Å². The Morgan fingerprint density at radius 2 is 1.42 bits per heavy atom. The second-order valence-corrected chi connectivity index (χ2v) is 5.54. The van der Waals surface area contributed by atoms with Crippen LogP contribution in [0.15, 0.2) is 82.0 Å². The van der Waals surface area contributed by atoms with Crippen LogP contribution in [0.4, 0.5) is 0 Å². The Bertz CT molecular complexity index is 928. The monoisotopic (exact) mass is 358 g/mol. The molecule has 0 unspecified atom stereocenters. The van der Waals surface area contributed by atoms with Gasteiger partial charge in [-0.1, -0.05) is 5.56 Å². The first kappa shape index (κ1) is 18.0. The molecule has 1 heterocycles. The number of benzene rings is 1. The topological polar surface area (TPSA) is 30.2 Å². The summed E-state index contributed by atoms with van der Waals surface area (Å²) < 4.78 is 5.82. The largest absolute Gasteiger partial charge is 0.748 e. The maximum atomic E-state index is 12.1. The normalized spacial score (nSPS) is 9.92.